The highest BCUT2D eigenvalue weighted by Crippen LogP contribution is 2.42. The maximum atomic E-state index is 11.9. The van der Waals surface area contributed by atoms with Gasteiger partial charge in [0.2, 0.25) is 6.29 Å². The van der Waals surface area contributed by atoms with Gasteiger partial charge in [0.15, 0.2) is 0 Å². The average Bonchev–Trinajstić information content (AvgIpc) is 2.34. The van der Waals surface area contributed by atoms with Crippen LogP contribution in [0.25, 0.3) is 0 Å². The highest BCUT2D eigenvalue weighted by molar-refractivity contribution is 6.00. The lowest BCUT2D eigenvalue weighted by atomic mass is 9.84. The molecule has 0 spiro atoms. The standard InChI is InChI=1S/C13H14O6/c1-5-7(15)4-8(16)11-9(5)10(6(2)14)13(18-3)19-12(11)17/h4,10,13,15-16H,1-3H3. The zero-order chi connectivity index (χ0) is 14.3. The highest BCUT2D eigenvalue weighted by atomic mass is 16.7. The third-order valence-electron chi connectivity index (χ3n) is 3.27. The monoisotopic (exact) mass is 266 g/mol. The van der Waals surface area contributed by atoms with Crippen molar-refractivity contribution in [1.29, 1.82) is 0 Å². The molecule has 0 saturated heterocycles. The lowest BCUT2D eigenvalue weighted by molar-refractivity contribution is -0.139. The van der Waals surface area contributed by atoms with Crippen LogP contribution in [-0.4, -0.2) is 35.4 Å². The van der Waals surface area contributed by atoms with E-state index in [4.69, 9.17) is 9.47 Å². The Labute approximate surface area is 109 Å². The summed E-state index contributed by atoms with van der Waals surface area (Å²) in [4.78, 5) is 23.6. The van der Waals surface area contributed by atoms with E-state index in [1.807, 2.05) is 0 Å². The second-order valence-corrected chi connectivity index (χ2v) is 4.43. The topological polar surface area (TPSA) is 93.1 Å². The van der Waals surface area contributed by atoms with Gasteiger partial charge in [0, 0.05) is 13.2 Å². The summed E-state index contributed by atoms with van der Waals surface area (Å²) in [6, 6.07) is 1.06. The Bertz CT molecular complexity index is 563. The number of fused-ring (bicyclic) bond motifs is 1. The summed E-state index contributed by atoms with van der Waals surface area (Å²) in [5, 5.41) is 19.5. The molecule has 1 aliphatic heterocycles. The van der Waals surface area contributed by atoms with Gasteiger partial charge in [0.05, 0.1) is 0 Å². The van der Waals surface area contributed by atoms with Crippen molar-refractivity contribution in [2.24, 2.45) is 0 Å². The number of ether oxygens (including phenoxy) is 2. The summed E-state index contributed by atoms with van der Waals surface area (Å²) in [5.41, 5.74) is 0.517. The quantitative estimate of drug-likeness (QED) is 0.782. The Balaban J connectivity index is 2.77. The second kappa shape index (κ2) is 4.55. The van der Waals surface area contributed by atoms with Gasteiger partial charge >= 0.3 is 5.97 Å². The van der Waals surface area contributed by atoms with Crippen molar-refractivity contribution in [3.05, 3.63) is 22.8 Å². The lowest BCUT2D eigenvalue weighted by Crippen LogP contribution is -2.37. The Morgan fingerprint density at radius 1 is 1.37 bits per heavy atom. The maximum Gasteiger partial charge on any atom is 0.344 e. The molecule has 6 nitrogen and oxygen atoms in total. The number of rotatable bonds is 2. The van der Waals surface area contributed by atoms with Crippen LogP contribution in [0.1, 0.15) is 34.3 Å². The number of methoxy groups -OCH3 is 1. The van der Waals surface area contributed by atoms with Gasteiger partial charge in [-0.3, -0.25) is 4.79 Å². The number of ketones is 1. The molecule has 0 aromatic heterocycles. The minimum absolute atomic E-state index is 0.0937. The number of cyclic esters (lactones) is 1. The molecule has 1 aromatic carbocycles. The molecule has 2 rings (SSSR count). The fourth-order valence-corrected chi connectivity index (χ4v) is 2.32. The molecule has 0 amide bonds. The first-order chi connectivity index (χ1) is 8.88. The van der Waals surface area contributed by atoms with Crippen molar-refractivity contribution in [1.82, 2.24) is 0 Å². The molecule has 0 aliphatic carbocycles. The number of hydrogen-bond donors (Lipinski definition) is 2. The summed E-state index contributed by atoms with van der Waals surface area (Å²) in [6.45, 7) is 2.90. The van der Waals surface area contributed by atoms with Gasteiger partial charge in [-0.05, 0) is 25.0 Å². The number of carbonyl (C=O) groups excluding carboxylic acids is 2. The molecule has 0 bridgehead atoms. The number of benzene rings is 1. The zero-order valence-corrected chi connectivity index (χ0v) is 10.8. The van der Waals surface area contributed by atoms with Crippen LogP contribution in [0.2, 0.25) is 0 Å². The van der Waals surface area contributed by atoms with Gasteiger partial charge < -0.3 is 19.7 Å². The molecule has 2 N–H and O–H groups in total. The van der Waals surface area contributed by atoms with E-state index in [0.29, 0.717) is 5.56 Å². The van der Waals surface area contributed by atoms with Crippen LogP contribution in [0.15, 0.2) is 6.07 Å². The molecule has 1 heterocycles. The SMILES string of the molecule is COC1OC(=O)c2c(O)cc(O)c(C)c2C1C(C)=O. The van der Waals surface area contributed by atoms with Crippen LogP contribution in [0.5, 0.6) is 11.5 Å². The molecule has 0 radical (unpaired) electrons. The van der Waals surface area contributed by atoms with Crippen molar-refractivity contribution in [3.63, 3.8) is 0 Å². The van der Waals surface area contributed by atoms with Crippen molar-refractivity contribution < 1.29 is 29.3 Å². The Kier molecular flexibility index (Phi) is 3.20. The molecule has 0 fully saturated rings. The Hall–Kier alpha value is -2.08. The molecule has 0 saturated carbocycles. The second-order valence-electron chi connectivity index (χ2n) is 4.43. The van der Waals surface area contributed by atoms with E-state index in [-0.39, 0.29) is 22.7 Å². The zero-order valence-electron chi connectivity index (χ0n) is 10.8. The first-order valence-corrected chi connectivity index (χ1v) is 5.68. The first-order valence-electron chi connectivity index (χ1n) is 5.68. The molecule has 2 atom stereocenters. The summed E-state index contributed by atoms with van der Waals surface area (Å²) < 4.78 is 9.99. The Morgan fingerprint density at radius 3 is 2.53 bits per heavy atom. The van der Waals surface area contributed by atoms with Crippen LogP contribution in [0.3, 0.4) is 0 Å². The van der Waals surface area contributed by atoms with Gasteiger partial charge in [-0.1, -0.05) is 0 Å². The van der Waals surface area contributed by atoms with Crippen LogP contribution < -0.4 is 0 Å². The van der Waals surface area contributed by atoms with E-state index in [1.54, 1.807) is 6.92 Å². The fourth-order valence-electron chi connectivity index (χ4n) is 2.32. The summed E-state index contributed by atoms with van der Waals surface area (Å²) in [7, 11) is 1.32. The van der Waals surface area contributed by atoms with Gasteiger partial charge in [0.1, 0.15) is 28.8 Å². The number of esters is 1. The molecule has 19 heavy (non-hydrogen) atoms. The number of Topliss-reactive ketones (excluding diaryl/α,β-unsaturated/α-hetero) is 1. The number of hydrogen-bond acceptors (Lipinski definition) is 6. The highest BCUT2D eigenvalue weighted by Gasteiger charge is 2.42. The number of aromatic hydroxyl groups is 2. The van der Waals surface area contributed by atoms with Crippen LogP contribution >= 0.6 is 0 Å². The van der Waals surface area contributed by atoms with Crippen LogP contribution in [-0.2, 0) is 14.3 Å². The van der Waals surface area contributed by atoms with E-state index >= 15 is 0 Å². The molecular formula is C13H14O6. The van der Waals surface area contributed by atoms with Gasteiger partial charge in [-0.2, -0.15) is 0 Å². The van der Waals surface area contributed by atoms with Crippen LogP contribution in [0.4, 0.5) is 0 Å². The maximum absolute atomic E-state index is 11.9. The van der Waals surface area contributed by atoms with Gasteiger partial charge in [0.25, 0.3) is 0 Å². The number of carbonyl (C=O) groups is 2. The average molecular weight is 266 g/mol. The summed E-state index contributed by atoms with van der Waals surface area (Å²) in [5.74, 6) is -2.53. The van der Waals surface area contributed by atoms with Crippen molar-refractivity contribution in [2.75, 3.05) is 7.11 Å². The smallest absolute Gasteiger partial charge is 0.344 e. The molecule has 1 aliphatic rings. The van der Waals surface area contributed by atoms with Crippen LogP contribution in [0, 0.1) is 6.92 Å². The normalized spacial score (nSPS) is 21.7. The minimum atomic E-state index is -1.06. The van der Waals surface area contributed by atoms with Crippen molar-refractivity contribution >= 4 is 11.8 Å². The van der Waals surface area contributed by atoms with E-state index < -0.39 is 23.9 Å². The number of phenolic OH excluding ortho intramolecular Hbond substituents is 2. The lowest BCUT2D eigenvalue weighted by Gasteiger charge is -2.31. The third kappa shape index (κ3) is 1.94. The molecule has 1 aromatic rings. The predicted octanol–water partition coefficient (Wildman–Crippen LogP) is 1.22. The van der Waals surface area contributed by atoms with Crippen molar-refractivity contribution in [3.8, 4) is 11.5 Å². The molecule has 2 unspecified atom stereocenters. The van der Waals surface area contributed by atoms with E-state index in [1.165, 1.54) is 14.0 Å². The summed E-state index contributed by atoms with van der Waals surface area (Å²) >= 11 is 0. The van der Waals surface area contributed by atoms with E-state index in [0.717, 1.165) is 6.07 Å². The molecule has 6 heteroatoms. The Morgan fingerprint density at radius 2 is 2.00 bits per heavy atom. The van der Waals surface area contributed by atoms with E-state index in [9.17, 15) is 19.8 Å². The number of phenols is 2. The fraction of sp³-hybridized carbons (Fsp3) is 0.385. The summed E-state index contributed by atoms with van der Waals surface area (Å²) in [6.07, 6.45) is -1.06. The van der Waals surface area contributed by atoms with Gasteiger partial charge in [-0.25, -0.2) is 4.79 Å². The van der Waals surface area contributed by atoms with E-state index in [2.05, 4.69) is 0 Å². The first kappa shape index (κ1) is 13.4. The minimum Gasteiger partial charge on any atom is -0.508 e. The molecular weight excluding hydrogens is 252 g/mol. The largest absolute Gasteiger partial charge is 0.508 e. The van der Waals surface area contributed by atoms with Crippen molar-refractivity contribution in [2.45, 2.75) is 26.1 Å². The molecule has 102 valence electrons. The third-order valence-corrected chi connectivity index (χ3v) is 3.27. The van der Waals surface area contributed by atoms with Gasteiger partial charge in [-0.15, -0.1) is 0 Å². The predicted molar refractivity (Wildman–Crippen MR) is 64.1 cm³/mol.